The zero-order valence-corrected chi connectivity index (χ0v) is 11.4. The van der Waals surface area contributed by atoms with E-state index in [9.17, 15) is 18.0 Å². The predicted octanol–water partition coefficient (Wildman–Crippen LogP) is 1.57. The molecule has 1 aliphatic heterocycles. The topological polar surface area (TPSA) is 52.2 Å². The van der Waals surface area contributed by atoms with Gasteiger partial charge in [-0.1, -0.05) is 0 Å². The van der Waals surface area contributed by atoms with Crippen molar-refractivity contribution in [1.82, 2.24) is 15.1 Å². The van der Waals surface area contributed by atoms with Crippen LogP contribution in [-0.2, 0) is 11.2 Å². The molecule has 0 radical (unpaired) electrons. The molecular weight excluding hydrogens is 273 g/mol. The first-order valence-corrected chi connectivity index (χ1v) is 6.40. The van der Waals surface area contributed by atoms with Gasteiger partial charge >= 0.3 is 6.18 Å². The van der Waals surface area contributed by atoms with E-state index in [2.05, 4.69) is 10.2 Å². The molecule has 0 aliphatic carbocycles. The first-order chi connectivity index (χ1) is 9.29. The molecule has 0 spiro atoms. The Balaban J connectivity index is 2.09. The predicted molar refractivity (Wildman–Crippen MR) is 67.4 cm³/mol. The minimum atomic E-state index is -4.31. The molecule has 8 heteroatoms. The summed E-state index contributed by atoms with van der Waals surface area (Å²) in [6.07, 6.45) is -1.20. The third kappa shape index (κ3) is 3.12. The summed E-state index contributed by atoms with van der Waals surface area (Å²) in [5.41, 5.74) is 1.53. The molecule has 0 saturated heterocycles. The zero-order valence-electron chi connectivity index (χ0n) is 11.4. The van der Waals surface area contributed by atoms with Crippen LogP contribution >= 0.6 is 0 Å². The Kier molecular flexibility index (Phi) is 4.03. The first-order valence-electron chi connectivity index (χ1n) is 6.40. The lowest BCUT2D eigenvalue weighted by Crippen LogP contribution is -2.49. The number of nitrogens with zero attached hydrogens (tertiary/aromatic N) is 3. The third-order valence-electron chi connectivity index (χ3n) is 3.51. The summed E-state index contributed by atoms with van der Waals surface area (Å²) in [6, 6.07) is -0.836. The summed E-state index contributed by atoms with van der Waals surface area (Å²) in [5.74, 6) is -0.334. The van der Waals surface area contributed by atoms with Gasteiger partial charge in [0.05, 0.1) is 30.2 Å². The number of nitrogens with one attached hydrogen (secondary N) is 1. The number of carbonyl (C=O) groups is 1. The molecule has 0 aromatic carbocycles. The number of hydrogen-bond acceptors (Lipinski definition) is 3. The number of halogens is 3. The van der Waals surface area contributed by atoms with Gasteiger partial charge in [0, 0.05) is 6.54 Å². The van der Waals surface area contributed by atoms with E-state index in [0.717, 1.165) is 23.4 Å². The van der Waals surface area contributed by atoms with E-state index in [1.165, 1.54) is 18.9 Å². The van der Waals surface area contributed by atoms with Crippen LogP contribution < -0.4 is 4.90 Å². The molecule has 1 aliphatic rings. The molecule has 1 unspecified atom stereocenters. The molecule has 1 atom stereocenters. The van der Waals surface area contributed by atoms with Gasteiger partial charge < -0.3 is 4.90 Å². The number of rotatable bonds is 3. The maximum Gasteiger partial charge on any atom is 0.401 e. The van der Waals surface area contributed by atoms with Crippen LogP contribution in [0.5, 0.6) is 0 Å². The van der Waals surface area contributed by atoms with Crippen LogP contribution in [0.3, 0.4) is 0 Å². The number of likely N-dealkylation sites (N-methyl/N-ethyl adjacent to an activating group) is 1. The van der Waals surface area contributed by atoms with Crippen LogP contribution in [0.4, 0.5) is 18.9 Å². The fourth-order valence-electron chi connectivity index (χ4n) is 2.32. The van der Waals surface area contributed by atoms with Crippen LogP contribution in [0.25, 0.3) is 0 Å². The van der Waals surface area contributed by atoms with Crippen LogP contribution in [0.2, 0.25) is 0 Å². The smallest absolute Gasteiger partial charge is 0.308 e. The first kappa shape index (κ1) is 14.8. The van der Waals surface area contributed by atoms with Gasteiger partial charge in [0.15, 0.2) is 0 Å². The highest BCUT2D eigenvalue weighted by atomic mass is 19.4. The van der Waals surface area contributed by atoms with Crippen molar-refractivity contribution in [3.05, 3.63) is 11.9 Å². The quantitative estimate of drug-likeness (QED) is 0.919. The Morgan fingerprint density at radius 3 is 2.95 bits per heavy atom. The van der Waals surface area contributed by atoms with Gasteiger partial charge in [-0.15, -0.1) is 0 Å². The lowest BCUT2D eigenvalue weighted by molar-refractivity contribution is -0.150. The minimum absolute atomic E-state index is 0.334. The molecule has 1 N–H and O–H groups in total. The normalized spacial score (nSPS) is 17.2. The SMILES string of the molecule is CC(C(=O)N1CCCc2[nH]ncc21)N(C)CC(F)(F)F. The number of carbonyl (C=O) groups excluding carboxylic acids is 1. The molecule has 2 heterocycles. The zero-order chi connectivity index (χ0) is 14.9. The van der Waals surface area contributed by atoms with E-state index < -0.39 is 18.8 Å². The summed E-state index contributed by atoms with van der Waals surface area (Å²) in [6.45, 7) is 0.893. The second kappa shape index (κ2) is 5.43. The maximum absolute atomic E-state index is 12.4. The molecule has 0 bridgehead atoms. The fourth-order valence-corrected chi connectivity index (χ4v) is 2.32. The van der Waals surface area contributed by atoms with E-state index in [-0.39, 0.29) is 5.91 Å². The molecular formula is C12H17F3N4O. The minimum Gasteiger partial charge on any atom is -0.308 e. The highest BCUT2D eigenvalue weighted by Crippen LogP contribution is 2.26. The van der Waals surface area contributed by atoms with E-state index in [1.54, 1.807) is 6.20 Å². The summed E-state index contributed by atoms with van der Waals surface area (Å²) >= 11 is 0. The number of H-pyrrole nitrogens is 1. The van der Waals surface area contributed by atoms with Crippen molar-refractivity contribution < 1.29 is 18.0 Å². The summed E-state index contributed by atoms with van der Waals surface area (Å²) in [5, 5.41) is 6.70. The molecule has 1 amide bonds. The molecule has 2 rings (SSSR count). The molecule has 5 nitrogen and oxygen atoms in total. The van der Waals surface area contributed by atoms with Gasteiger partial charge in [-0.3, -0.25) is 14.8 Å². The summed E-state index contributed by atoms with van der Waals surface area (Å²) < 4.78 is 37.1. The van der Waals surface area contributed by atoms with Crippen LogP contribution in [0.15, 0.2) is 6.20 Å². The second-order valence-corrected chi connectivity index (χ2v) is 5.03. The van der Waals surface area contributed by atoms with Crippen molar-refractivity contribution >= 4 is 11.6 Å². The van der Waals surface area contributed by atoms with Gasteiger partial charge in [0.25, 0.3) is 0 Å². The average Bonchev–Trinajstić information content (AvgIpc) is 2.82. The van der Waals surface area contributed by atoms with Gasteiger partial charge in [0.1, 0.15) is 0 Å². The number of aromatic nitrogens is 2. The molecule has 0 saturated carbocycles. The van der Waals surface area contributed by atoms with Crippen molar-refractivity contribution in [2.75, 3.05) is 25.0 Å². The second-order valence-electron chi connectivity index (χ2n) is 5.03. The number of alkyl halides is 3. The number of fused-ring (bicyclic) bond motifs is 1. The standard InChI is InChI=1S/C12H17F3N4O/c1-8(18(2)7-12(13,14)15)11(20)19-5-3-4-9-10(19)6-16-17-9/h6,8H,3-5,7H2,1-2H3,(H,16,17). The number of hydrogen-bond donors (Lipinski definition) is 1. The van der Waals surface area contributed by atoms with Crippen molar-refractivity contribution in [2.45, 2.75) is 32.0 Å². The monoisotopic (exact) mass is 290 g/mol. The molecule has 112 valence electrons. The van der Waals surface area contributed by atoms with Crippen molar-refractivity contribution in [3.63, 3.8) is 0 Å². The molecule has 20 heavy (non-hydrogen) atoms. The third-order valence-corrected chi connectivity index (χ3v) is 3.51. The molecule has 1 aromatic rings. The van der Waals surface area contributed by atoms with Gasteiger partial charge in [-0.25, -0.2) is 0 Å². The van der Waals surface area contributed by atoms with Gasteiger partial charge in [-0.05, 0) is 26.8 Å². The highest BCUT2D eigenvalue weighted by molar-refractivity contribution is 5.97. The summed E-state index contributed by atoms with van der Waals surface area (Å²) in [4.78, 5) is 14.9. The average molecular weight is 290 g/mol. The van der Waals surface area contributed by atoms with E-state index in [0.29, 0.717) is 12.2 Å². The largest absolute Gasteiger partial charge is 0.401 e. The Morgan fingerprint density at radius 2 is 2.30 bits per heavy atom. The molecule has 1 aromatic heterocycles. The van der Waals surface area contributed by atoms with Crippen molar-refractivity contribution in [3.8, 4) is 0 Å². The maximum atomic E-state index is 12.4. The van der Waals surface area contributed by atoms with Crippen molar-refractivity contribution in [2.24, 2.45) is 0 Å². The molecule has 0 fully saturated rings. The van der Waals surface area contributed by atoms with Crippen LogP contribution in [-0.4, -0.2) is 53.4 Å². The Morgan fingerprint density at radius 1 is 1.60 bits per heavy atom. The van der Waals surface area contributed by atoms with E-state index in [1.807, 2.05) is 0 Å². The van der Waals surface area contributed by atoms with Gasteiger partial charge in [0.2, 0.25) is 5.91 Å². The fraction of sp³-hybridized carbons (Fsp3) is 0.667. The van der Waals surface area contributed by atoms with E-state index in [4.69, 9.17) is 0 Å². The van der Waals surface area contributed by atoms with E-state index >= 15 is 0 Å². The Labute approximate surface area is 114 Å². The lowest BCUT2D eigenvalue weighted by Gasteiger charge is -2.32. The number of anilines is 1. The Hall–Kier alpha value is -1.57. The number of aryl methyl sites for hydroxylation is 1. The highest BCUT2D eigenvalue weighted by Gasteiger charge is 2.35. The lowest BCUT2D eigenvalue weighted by atomic mass is 10.1. The summed E-state index contributed by atoms with van der Waals surface area (Å²) in [7, 11) is 1.30. The number of amides is 1. The van der Waals surface area contributed by atoms with Crippen LogP contribution in [0.1, 0.15) is 19.0 Å². The van der Waals surface area contributed by atoms with Gasteiger partial charge in [-0.2, -0.15) is 18.3 Å². The van der Waals surface area contributed by atoms with Crippen LogP contribution in [0, 0.1) is 0 Å². The Bertz CT molecular complexity index is 485. The van der Waals surface area contributed by atoms with Crippen molar-refractivity contribution in [1.29, 1.82) is 0 Å². The number of aromatic amines is 1.